The molecule has 2 N–H and O–H groups in total. The van der Waals surface area contributed by atoms with Crippen molar-refractivity contribution in [3.8, 4) is 0 Å². The predicted molar refractivity (Wildman–Crippen MR) is 122 cm³/mol. The van der Waals surface area contributed by atoms with Crippen LogP contribution >= 0.6 is 0 Å². The van der Waals surface area contributed by atoms with Crippen molar-refractivity contribution in [2.24, 2.45) is 12.0 Å². The Kier molecular flexibility index (Phi) is 7.55. The van der Waals surface area contributed by atoms with Gasteiger partial charge in [-0.05, 0) is 44.7 Å². The zero-order chi connectivity index (χ0) is 20.6. The molecule has 1 aromatic heterocycles. The quantitative estimate of drug-likeness (QED) is 0.557. The van der Waals surface area contributed by atoms with Crippen molar-refractivity contribution < 1.29 is 0 Å². The summed E-state index contributed by atoms with van der Waals surface area (Å²) in [6.45, 7) is 10.2. The smallest absolute Gasteiger partial charge is 0.191 e. The second-order valence-electron chi connectivity index (χ2n) is 7.64. The van der Waals surface area contributed by atoms with Gasteiger partial charge >= 0.3 is 0 Å². The van der Waals surface area contributed by atoms with Gasteiger partial charge in [-0.1, -0.05) is 32.0 Å². The lowest BCUT2D eigenvalue weighted by atomic mass is 10.0. The lowest BCUT2D eigenvalue weighted by Gasteiger charge is -2.34. The van der Waals surface area contributed by atoms with Crippen LogP contribution in [0.1, 0.15) is 50.6 Å². The van der Waals surface area contributed by atoms with E-state index in [4.69, 9.17) is 4.99 Å². The molecule has 6 nitrogen and oxygen atoms in total. The standard InChI is InChI=1S/C23H36N6/c1-5-21-20(22(6-2)28(4)27-21)17-25-23(24-7-3)26-18-13-15-29(16-14-18)19-11-9-8-10-12-19/h8-12,18H,5-7,13-17H2,1-4H3,(H2,24,25,26). The Bertz CT molecular complexity index is 787. The molecular weight excluding hydrogens is 360 g/mol. The summed E-state index contributed by atoms with van der Waals surface area (Å²) < 4.78 is 2.02. The van der Waals surface area contributed by atoms with Gasteiger partial charge in [-0.15, -0.1) is 0 Å². The lowest BCUT2D eigenvalue weighted by Crippen LogP contribution is -2.48. The maximum atomic E-state index is 4.91. The first-order valence-electron chi connectivity index (χ1n) is 11.0. The molecule has 6 heteroatoms. The van der Waals surface area contributed by atoms with Crippen LogP contribution in [0.4, 0.5) is 5.69 Å². The molecular formula is C23H36N6. The third-order valence-corrected chi connectivity index (χ3v) is 5.72. The van der Waals surface area contributed by atoms with Crippen LogP contribution in [0, 0.1) is 0 Å². The van der Waals surface area contributed by atoms with Crippen LogP contribution in [0.15, 0.2) is 35.3 Å². The SMILES string of the molecule is CCNC(=NCc1c(CC)nn(C)c1CC)NC1CCN(c2ccccc2)CC1. The van der Waals surface area contributed by atoms with Crippen LogP contribution in [0.5, 0.6) is 0 Å². The average Bonchev–Trinajstić information content (AvgIpc) is 3.07. The largest absolute Gasteiger partial charge is 0.371 e. The van der Waals surface area contributed by atoms with E-state index in [1.807, 2.05) is 11.7 Å². The van der Waals surface area contributed by atoms with Gasteiger partial charge in [0.05, 0.1) is 12.2 Å². The van der Waals surface area contributed by atoms with Crippen LogP contribution < -0.4 is 15.5 Å². The van der Waals surface area contributed by atoms with Crippen LogP contribution in [-0.2, 0) is 26.4 Å². The second kappa shape index (κ2) is 10.3. The van der Waals surface area contributed by atoms with E-state index in [1.54, 1.807) is 0 Å². The first-order valence-corrected chi connectivity index (χ1v) is 11.0. The molecule has 0 atom stereocenters. The Morgan fingerprint density at radius 3 is 2.45 bits per heavy atom. The summed E-state index contributed by atoms with van der Waals surface area (Å²) in [7, 11) is 2.04. The molecule has 0 spiro atoms. The van der Waals surface area contributed by atoms with Crippen molar-refractivity contribution in [2.45, 2.75) is 59.0 Å². The number of piperidine rings is 1. The van der Waals surface area contributed by atoms with Crippen molar-refractivity contribution in [1.29, 1.82) is 0 Å². The van der Waals surface area contributed by atoms with E-state index in [0.717, 1.165) is 51.3 Å². The van der Waals surface area contributed by atoms with Gasteiger partial charge in [-0.2, -0.15) is 5.10 Å². The summed E-state index contributed by atoms with van der Waals surface area (Å²) >= 11 is 0. The molecule has 1 aliphatic heterocycles. The summed E-state index contributed by atoms with van der Waals surface area (Å²) in [6, 6.07) is 11.2. The van der Waals surface area contributed by atoms with Crippen molar-refractivity contribution in [1.82, 2.24) is 20.4 Å². The molecule has 2 aromatic rings. The Balaban J connectivity index is 1.62. The maximum absolute atomic E-state index is 4.91. The summed E-state index contributed by atoms with van der Waals surface area (Å²) in [5.74, 6) is 0.915. The van der Waals surface area contributed by atoms with E-state index in [-0.39, 0.29) is 0 Å². The molecule has 1 fully saturated rings. The first-order chi connectivity index (χ1) is 14.2. The molecule has 1 aromatic carbocycles. The molecule has 3 rings (SSSR count). The molecule has 0 radical (unpaired) electrons. The predicted octanol–water partition coefficient (Wildman–Crippen LogP) is 3.27. The molecule has 158 valence electrons. The van der Waals surface area contributed by atoms with E-state index >= 15 is 0 Å². The van der Waals surface area contributed by atoms with Crippen LogP contribution in [0.2, 0.25) is 0 Å². The third-order valence-electron chi connectivity index (χ3n) is 5.72. The fourth-order valence-electron chi connectivity index (χ4n) is 4.16. The molecule has 29 heavy (non-hydrogen) atoms. The number of hydrogen-bond donors (Lipinski definition) is 2. The molecule has 0 saturated carbocycles. The van der Waals surface area contributed by atoms with Crippen LogP contribution in [0.3, 0.4) is 0 Å². The highest BCUT2D eigenvalue weighted by atomic mass is 15.3. The van der Waals surface area contributed by atoms with Gasteiger partial charge in [0.1, 0.15) is 0 Å². The minimum Gasteiger partial charge on any atom is -0.371 e. The van der Waals surface area contributed by atoms with Gasteiger partial charge in [0.2, 0.25) is 0 Å². The van der Waals surface area contributed by atoms with E-state index in [1.165, 1.54) is 22.6 Å². The number of guanidine groups is 1. The minimum atomic E-state index is 0.456. The van der Waals surface area contributed by atoms with E-state index in [0.29, 0.717) is 12.6 Å². The van der Waals surface area contributed by atoms with Gasteiger partial charge in [-0.25, -0.2) is 4.99 Å². The number of hydrogen-bond acceptors (Lipinski definition) is 3. The monoisotopic (exact) mass is 396 g/mol. The van der Waals surface area contributed by atoms with Gasteiger partial charge < -0.3 is 15.5 Å². The molecule has 0 unspecified atom stereocenters. The Hall–Kier alpha value is -2.50. The number of rotatable bonds is 7. The summed E-state index contributed by atoms with van der Waals surface area (Å²) in [5, 5.41) is 11.8. The second-order valence-corrected chi connectivity index (χ2v) is 7.64. The number of aliphatic imine (C=N–C) groups is 1. The van der Waals surface area contributed by atoms with Crippen molar-refractivity contribution in [3.05, 3.63) is 47.3 Å². The highest BCUT2D eigenvalue weighted by molar-refractivity contribution is 5.80. The van der Waals surface area contributed by atoms with E-state index < -0.39 is 0 Å². The Morgan fingerprint density at radius 2 is 1.83 bits per heavy atom. The number of nitrogens with zero attached hydrogens (tertiary/aromatic N) is 4. The number of aromatic nitrogens is 2. The average molecular weight is 397 g/mol. The number of aryl methyl sites for hydroxylation is 2. The molecule has 0 aliphatic carbocycles. The summed E-state index contributed by atoms with van der Waals surface area (Å²) in [6.07, 6.45) is 4.16. The zero-order valence-corrected chi connectivity index (χ0v) is 18.4. The van der Waals surface area contributed by atoms with Gasteiger partial charge in [0, 0.05) is 49.7 Å². The maximum Gasteiger partial charge on any atom is 0.191 e. The minimum absolute atomic E-state index is 0.456. The first kappa shape index (κ1) is 21.2. The van der Waals surface area contributed by atoms with Crippen LogP contribution in [0.25, 0.3) is 0 Å². The highest BCUT2D eigenvalue weighted by Gasteiger charge is 2.20. The summed E-state index contributed by atoms with van der Waals surface area (Å²) in [5.41, 5.74) is 5.06. The molecule has 1 saturated heterocycles. The highest BCUT2D eigenvalue weighted by Crippen LogP contribution is 2.20. The fraction of sp³-hybridized carbons (Fsp3) is 0.565. The molecule has 1 aliphatic rings. The van der Waals surface area contributed by atoms with E-state index in [2.05, 4.69) is 71.7 Å². The number of nitrogens with one attached hydrogen (secondary N) is 2. The topological polar surface area (TPSA) is 57.5 Å². The Labute approximate surface area is 175 Å². The van der Waals surface area contributed by atoms with Crippen molar-refractivity contribution in [3.63, 3.8) is 0 Å². The molecule has 2 heterocycles. The van der Waals surface area contributed by atoms with Crippen LogP contribution in [-0.4, -0.2) is 41.4 Å². The van der Waals surface area contributed by atoms with Gasteiger partial charge in [0.15, 0.2) is 5.96 Å². The lowest BCUT2D eigenvalue weighted by molar-refractivity contribution is 0.461. The van der Waals surface area contributed by atoms with E-state index in [9.17, 15) is 0 Å². The van der Waals surface area contributed by atoms with Gasteiger partial charge in [-0.3, -0.25) is 4.68 Å². The van der Waals surface area contributed by atoms with Crippen molar-refractivity contribution in [2.75, 3.05) is 24.5 Å². The zero-order valence-electron chi connectivity index (χ0n) is 18.4. The molecule has 0 bridgehead atoms. The number of para-hydroxylation sites is 1. The van der Waals surface area contributed by atoms with Gasteiger partial charge in [0.25, 0.3) is 0 Å². The number of anilines is 1. The summed E-state index contributed by atoms with van der Waals surface area (Å²) in [4.78, 5) is 7.38. The van der Waals surface area contributed by atoms with Crippen molar-refractivity contribution >= 4 is 11.6 Å². The molecule has 0 amide bonds. The Morgan fingerprint density at radius 1 is 1.10 bits per heavy atom. The number of benzene rings is 1. The fourth-order valence-corrected chi connectivity index (χ4v) is 4.16. The normalized spacial score (nSPS) is 15.6. The third kappa shape index (κ3) is 5.31.